The van der Waals surface area contributed by atoms with Gasteiger partial charge in [-0.05, 0) is 42.0 Å². The quantitative estimate of drug-likeness (QED) is 0.536. The van der Waals surface area contributed by atoms with E-state index in [0.29, 0.717) is 0 Å². The van der Waals surface area contributed by atoms with Gasteiger partial charge in [-0.2, -0.15) is 0 Å². The normalized spacial score (nSPS) is 22.8. The SMILES string of the molecule is O=C(c1cccc2ccccc12)C1CC2CCC(C1)N2C(=O)OCc1ccccc1. The molecular weight excluding hydrogens is 374 g/mol. The Balaban J connectivity index is 1.29. The van der Waals surface area contributed by atoms with Crippen molar-refractivity contribution >= 4 is 22.6 Å². The Hall–Kier alpha value is -3.14. The average molecular weight is 399 g/mol. The number of carbonyl (C=O) groups is 2. The maximum atomic E-state index is 13.4. The Morgan fingerprint density at radius 3 is 2.27 bits per heavy atom. The van der Waals surface area contributed by atoms with Crippen LogP contribution in [0, 0.1) is 5.92 Å². The van der Waals surface area contributed by atoms with E-state index in [9.17, 15) is 9.59 Å². The highest BCUT2D eigenvalue weighted by Crippen LogP contribution is 2.41. The van der Waals surface area contributed by atoms with Crippen LogP contribution in [0.25, 0.3) is 10.8 Å². The number of piperidine rings is 1. The Labute approximate surface area is 176 Å². The minimum Gasteiger partial charge on any atom is -0.445 e. The lowest BCUT2D eigenvalue weighted by Crippen LogP contribution is -2.48. The van der Waals surface area contributed by atoms with E-state index < -0.39 is 0 Å². The number of hydrogen-bond donors (Lipinski definition) is 0. The molecule has 5 rings (SSSR count). The first-order chi connectivity index (χ1) is 14.7. The summed E-state index contributed by atoms with van der Waals surface area (Å²) in [5, 5.41) is 2.11. The molecule has 0 saturated carbocycles. The fraction of sp³-hybridized carbons (Fsp3) is 0.308. The lowest BCUT2D eigenvalue weighted by molar-refractivity contribution is 0.0485. The number of ketones is 1. The maximum Gasteiger partial charge on any atom is 0.410 e. The summed E-state index contributed by atoms with van der Waals surface area (Å²) in [6.07, 6.45) is 3.09. The Bertz CT molecular complexity index is 1060. The minimum absolute atomic E-state index is 0.0357. The number of benzene rings is 3. The van der Waals surface area contributed by atoms with E-state index in [4.69, 9.17) is 4.74 Å². The number of Topliss-reactive ketones (excluding diaryl/α,β-unsaturated/α-hetero) is 1. The molecule has 0 aromatic heterocycles. The molecule has 2 heterocycles. The molecule has 0 N–H and O–H groups in total. The molecule has 2 aliphatic rings. The van der Waals surface area contributed by atoms with Crippen molar-refractivity contribution in [2.24, 2.45) is 5.92 Å². The van der Waals surface area contributed by atoms with Crippen LogP contribution in [0.1, 0.15) is 41.6 Å². The summed E-state index contributed by atoms with van der Waals surface area (Å²) in [4.78, 5) is 28.1. The van der Waals surface area contributed by atoms with Crippen molar-refractivity contribution in [3.05, 3.63) is 83.9 Å². The first-order valence-electron chi connectivity index (χ1n) is 10.7. The summed E-state index contributed by atoms with van der Waals surface area (Å²) in [6.45, 7) is 0.286. The second-order valence-electron chi connectivity index (χ2n) is 8.39. The van der Waals surface area contributed by atoms with E-state index in [-0.39, 0.29) is 36.5 Å². The maximum absolute atomic E-state index is 13.4. The molecule has 1 amide bonds. The lowest BCUT2D eigenvalue weighted by Gasteiger charge is -2.37. The number of amides is 1. The van der Waals surface area contributed by atoms with E-state index in [1.807, 2.05) is 77.7 Å². The van der Waals surface area contributed by atoms with E-state index in [1.165, 1.54) is 0 Å². The van der Waals surface area contributed by atoms with Gasteiger partial charge in [-0.1, -0.05) is 72.8 Å². The number of ether oxygens (including phenoxy) is 1. The van der Waals surface area contributed by atoms with Gasteiger partial charge in [0.1, 0.15) is 6.61 Å². The third-order valence-electron chi connectivity index (χ3n) is 6.57. The third kappa shape index (κ3) is 3.47. The van der Waals surface area contributed by atoms with Crippen molar-refractivity contribution in [3.63, 3.8) is 0 Å². The van der Waals surface area contributed by atoms with Crippen molar-refractivity contribution in [1.29, 1.82) is 0 Å². The molecule has 30 heavy (non-hydrogen) atoms. The van der Waals surface area contributed by atoms with E-state index in [0.717, 1.165) is 47.6 Å². The van der Waals surface area contributed by atoms with Crippen LogP contribution in [0.4, 0.5) is 4.79 Å². The molecule has 3 aromatic carbocycles. The molecule has 2 atom stereocenters. The van der Waals surface area contributed by atoms with Crippen molar-refractivity contribution in [2.45, 2.75) is 44.4 Å². The van der Waals surface area contributed by atoms with Gasteiger partial charge in [0.25, 0.3) is 0 Å². The predicted molar refractivity (Wildman–Crippen MR) is 116 cm³/mol. The van der Waals surface area contributed by atoms with Gasteiger partial charge in [0.2, 0.25) is 0 Å². The first kappa shape index (κ1) is 18.9. The van der Waals surface area contributed by atoms with Gasteiger partial charge in [0, 0.05) is 23.6 Å². The zero-order valence-corrected chi connectivity index (χ0v) is 16.9. The number of fused-ring (bicyclic) bond motifs is 3. The summed E-state index contributed by atoms with van der Waals surface area (Å²) < 4.78 is 5.59. The van der Waals surface area contributed by atoms with Crippen molar-refractivity contribution in [3.8, 4) is 0 Å². The number of hydrogen-bond acceptors (Lipinski definition) is 3. The second-order valence-corrected chi connectivity index (χ2v) is 8.39. The molecule has 3 aromatic rings. The second kappa shape index (κ2) is 7.94. The minimum atomic E-state index is -0.248. The average Bonchev–Trinajstić information content (AvgIpc) is 3.06. The summed E-state index contributed by atoms with van der Waals surface area (Å²) >= 11 is 0. The van der Waals surface area contributed by atoms with Crippen LogP contribution in [0.5, 0.6) is 0 Å². The largest absolute Gasteiger partial charge is 0.445 e. The fourth-order valence-electron chi connectivity index (χ4n) is 5.14. The molecule has 2 unspecified atom stereocenters. The smallest absolute Gasteiger partial charge is 0.410 e. The Kier molecular flexibility index (Phi) is 4.99. The van der Waals surface area contributed by atoms with Crippen molar-refractivity contribution in [1.82, 2.24) is 4.90 Å². The van der Waals surface area contributed by atoms with Gasteiger partial charge >= 0.3 is 6.09 Å². The molecule has 4 heteroatoms. The van der Waals surface area contributed by atoms with Crippen molar-refractivity contribution < 1.29 is 14.3 Å². The molecular formula is C26H25NO3. The topological polar surface area (TPSA) is 46.6 Å². The van der Waals surface area contributed by atoms with Crippen LogP contribution < -0.4 is 0 Å². The molecule has 0 radical (unpaired) electrons. The van der Waals surface area contributed by atoms with Crippen LogP contribution >= 0.6 is 0 Å². The molecule has 4 nitrogen and oxygen atoms in total. The molecule has 2 aliphatic heterocycles. The number of carbonyl (C=O) groups excluding carboxylic acids is 2. The highest BCUT2D eigenvalue weighted by atomic mass is 16.6. The summed E-state index contributed by atoms with van der Waals surface area (Å²) in [6, 6.07) is 23.9. The number of nitrogens with zero attached hydrogens (tertiary/aromatic N) is 1. The van der Waals surface area contributed by atoms with E-state index in [1.54, 1.807) is 0 Å². The first-order valence-corrected chi connectivity index (χ1v) is 10.7. The highest BCUT2D eigenvalue weighted by Gasteiger charge is 2.46. The Morgan fingerprint density at radius 2 is 1.50 bits per heavy atom. The number of rotatable bonds is 4. The van der Waals surface area contributed by atoms with Crippen molar-refractivity contribution in [2.75, 3.05) is 0 Å². The van der Waals surface area contributed by atoms with Crippen LogP contribution in [0.15, 0.2) is 72.8 Å². The van der Waals surface area contributed by atoms with Crippen LogP contribution in [0.3, 0.4) is 0 Å². The summed E-state index contributed by atoms with van der Waals surface area (Å²) in [5.74, 6) is 0.174. The summed E-state index contributed by atoms with van der Waals surface area (Å²) in [7, 11) is 0. The molecule has 152 valence electrons. The van der Waals surface area contributed by atoms with Crippen LogP contribution in [-0.4, -0.2) is 28.9 Å². The molecule has 2 bridgehead atoms. The zero-order chi connectivity index (χ0) is 20.5. The van der Waals surface area contributed by atoms with Crippen LogP contribution in [0.2, 0.25) is 0 Å². The fourth-order valence-corrected chi connectivity index (χ4v) is 5.14. The standard InChI is InChI=1S/C26H25NO3/c28-25(24-12-6-10-19-9-4-5-11-23(19)24)20-15-21-13-14-22(16-20)27(21)26(29)30-17-18-7-2-1-3-8-18/h1-12,20-22H,13-17H2. The van der Waals surface area contributed by atoms with Gasteiger partial charge in [-0.25, -0.2) is 4.79 Å². The van der Waals surface area contributed by atoms with Gasteiger partial charge in [-0.15, -0.1) is 0 Å². The highest BCUT2D eigenvalue weighted by molar-refractivity contribution is 6.09. The third-order valence-corrected chi connectivity index (χ3v) is 6.57. The van der Waals surface area contributed by atoms with Gasteiger partial charge in [-0.3, -0.25) is 4.79 Å². The molecule has 0 spiro atoms. The van der Waals surface area contributed by atoms with E-state index in [2.05, 4.69) is 0 Å². The van der Waals surface area contributed by atoms with Crippen LogP contribution in [-0.2, 0) is 11.3 Å². The predicted octanol–water partition coefficient (Wildman–Crippen LogP) is 5.60. The Morgan fingerprint density at radius 1 is 0.833 bits per heavy atom. The van der Waals surface area contributed by atoms with Gasteiger partial charge in [0.15, 0.2) is 5.78 Å². The van der Waals surface area contributed by atoms with Gasteiger partial charge in [0.05, 0.1) is 0 Å². The monoisotopic (exact) mass is 399 g/mol. The zero-order valence-electron chi connectivity index (χ0n) is 16.9. The molecule has 2 saturated heterocycles. The summed E-state index contributed by atoms with van der Waals surface area (Å²) in [5.41, 5.74) is 1.79. The molecule has 2 fully saturated rings. The van der Waals surface area contributed by atoms with Gasteiger partial charge < -0.3 is 9.64 Å². The molecule has 0 aliphatic carbocycles. The van der Waals surface area contributed by atoms with E-state index >= 15 is 0 Å². The lowest BCUT2D eigenvalue weighted by atomic mass is 9.83.